The van der Waals surface area contributed by atoms with Crippen LogP contribution in [-0.4, -0.2) is 48.2 Å². The van der Waals surface area contributed by atoms with Crippen molar-refractivity contribution in [3.05, 3.63) is 65.7 Å². The van der Waals surface area contributed by atoms with E-state index in [0.717, 1.165) is 63.1 Å². The number of likely N-dealkylation sites (tertiary alicyclic amines) is 1. The van der Waals surface area contributed by atoms with Crippen LogP contribution in [-0.2, 0) is 6.42 Å². The Kier molecular flexibility index (Phi) is 6.50. The van der Waals surface area contributed by atoms with Crippen molar-refractivity contribution in [2.75, 3.05) is 31.1 Å². The number of aryl methyl sites for hydroxylation is 1. The first-order valence-electron chi connectivity index (χ1n) is 11.1. The molecule has 2 aliphatic heterocycles. The van der Waals surface area contributed by atoms with Gasteiger partial charge in [-0.1, -0.05) is 42.5 Å². The Morgan fingerprint density at radius 1 is 0.931 bits per heavy atom. The maximum absolute atomic E-state index is 13.2. The van der Waals surface area contributed by atoms with Crippen molar-refractivity contribution < 1.29 is 9.90 Å². The van der Waals surface area contributed by atoms with Gasteiger partial charge in [-0.3, -0.25) is 4.79 Å². The van der Waals surface area contributed by atoms with Crippen molar-refractivity contribution in [1.29, 1.82) is 0 Å². The van der Waals surface area contributed by atoms with Crippen LogP contribution in [0.25, 0.3) is 0 Å². The van der Waals surface area contributed by atoms with Crippen LogP contribution in [0.4, 0.5) is 5.69 Å². The second kappa shape index (κ2) is 9.45. The average Bonchev–Trinajstić information content (AvgIpc) is 3.33. The van der Waals surface area contributed by atoms with Gasteiger partial charge in [0, 0.05) is 31.9 Å². The summed E-state index contributed by atoms with van der Waals surface area (Å²) in [6.45, 7) is 3.56. The summed E-state index contributed by atoms with van der Waals surface area (Å²) in [6.07, 6.45) is 5.58. The number of hydrogen-bond donors (Lipinski definition) is 1. The van der Waals surface area contributed by atoms with Crippen molar-refractivity contribution >= 4 is 11.6 Å². The smallest absolute Gasteiger partial charge is 0.255 e. The molecule has 0 bridgehead atoms. The number of para-hydroxylation sites is 1. The van der Waals surface area contributed by atoms with Crippen LogP contribution in [0.3, 0.4) is 0 Å². The molecule has 4 rings (SSSR count). The van der Waals surface area contributed by atoms with E-state index in [1.807, 2.05) is 41.3 Å². The number of carbonyl (C=O) groups is 1. The second-order valence-electron chi connectivity index (χ2n) is 8.43. The van der Waals surface area contributed by atoms with Crippen molar-refractivity contribution in [1.82, 2.24) is 4.90 Å². The maximum atomic E-state index is 13.2. The zero-order chi connectivity index (χ0) is 20.1. The lowest BCUT2D eigenvalue weighted by Gasteiger charge is -2.35. The fourth-order valence-corrected chi connectivity index (χ4v) is 4.74. The predicted octanol–water partition coefficient (Wildman–Crippen LogP) is 4.13. The molecule has 0 aliphatic carbocycles. The van der Waals surface area contributed by atoms with Crippen molar-refractivity contribution in [3.63, 3.8) is 0 Å². The Labute approximate surface area is 174 Å². The molecular formula is C25H32N2O2. The van der Waals surface area contributed by atoms with Gasteiger partial charge in [-0.05, 0) is 62.1 Å². The van der Waals surface area contributed by atoms with Crippen LogP contribution < -0.4 is 4.90 Å². The fraction of sp³-hybridized carbons (Fsp3) is 0.480. The van der Waals surface area contributed by atoms with Gasteiger partial charge in [0.2, 0.25) is 0 Å². The summed E-state index contributed by atoms with van der Waals surface area (Å²) in [5, 5.41) is 10.7. The number of nitrogens with zero attached hydrogens (tertiary/aromatic N) is 2. The van der Waals surface area contributed by atoms with E-state index in [2.05, 4.69) is 23.1 Å². The number of rotatable bonds is 6. The molecule has 4 heteroatoms. The molecule has 0 aromatic heterocycles. The highest BCUT2D eigenvalue weighted by molar-refractivity contribution is 6.00. The normalized spacial score (nSPS) is 18.8. The molecule has 2 aliphatic rings. The first kappa shape index (κ1) is 20.0. The van der Waals surface area contributed by atoms with Crippen LogP contribution in [0.15, 0.2) is 54.6 Å². The maximum Gasteiger partial charge on any atom is 0.255 e. The summed E-state index contributed by atoms with van der Waals surface area (Å²) in [4.78, 5) is 17.5. The molecule has 2 aromatic carbocycles. The highest BCUT2D eigenvalue weighted by Crippen LogP contribution is 2.28. The first-order chi connectivity index (χ1) is 14.2. The lowest BCUT2D eigenvalue weighted by molar-refractivity contribution is 0.0437. The Bertz CT molecular complexity index is 793. The van der Waals surface area contributed by atoms with E-state index in [4.69, 9.17) is 0 Å². The number of hydrogen-bond acceptors (Lipinski definition) is 3. The lowest BCUT2D eigenvalue weighted by Crippen LogP contribution is -2.41. The van der Waals surface area contributed by atoms with E-state index >= 15 is 0 Å². The Hall–Kier alpha value is -2.33. The van der Waals surface area contributed by atoms with Crippen LogP contribution in [0.1, 0.15) is 48.0 Å². The molecule has 2 fully saturated rings. The Balaban J connectivity index is 1.32. The van der Waals surface area contributed by atoms with Gasteiger partial charge in [0.25, 0.3) is 5.91 Å². The lowest BCUT2D eigenvalue weighted by atomic mass is 9.88. The third-order valence-corrected chi connectivity index (χ3v) is 6.52. The SMILES string of the molecule is O=C(c1ccccc1N1CCCC1)N1CCC([C@H](O)CCc2ccccc2)CC1. The van der Waals surface area contributed by atoms with Gasteiger partial charge >= 0.3 is 0 Å². The van der Waals surface area contributed by atoms with Crippen molar-refractivity contribution in [2.45, 2.75) is 44.6 Å². The topological polar surface area (TPSA) is 43.8 Å². The quantitative estimate of drug-likeness (QED) is 0.804. The molecule has 0 unspecified atom stereocenters. The molecule has 29 heavy (non-hydrogen) atoms. The Morgan fingerprint density at radius 3 is 2.31 bits per heavy atom. The van der Waals surface area contributed by atoms with Crippen LogP contribution in [0.2, 0.25) is 0 Å². The van der Waals surface area contributed by atoms with E-state index in [9.17, 15) is 9.90 Å². The van der Waals surface area contributed by atoms with Gasteiger partial charge in [0.15, 0.2) is 0 Å². The third-order valence-electron chi connectivity index (χ3n) is 6.52. The van der Waals surface area contributed by atoms with Gasteiger partial charge in [-0.2, -0.15) is 0 Å². The molecule has 0 saturated carbocycles. The fourth-order valence-electron chi connectivity index (χ4n) is 4.74. The minimum absolute atomic E-state index is 0.143. The summed E-state index contributed by atoms with van der Waals surface area (Å²) >= 11 is 0. The second-order valence-corrected chi connectivity index (χ2v) is 8.43. The third kappa shape index (κ3) is 4.81. The zero-order valence-corrected chi connectivity index (χ0v) is 17.2. The number of carbonyl (C=O) groups excluding carboxylic acids is 1. The number of benzene rings is 2. The standard InChI is InChI=1S/C25H32N2O2/c28-24(13-12-20-8-2-1-3-9-20)21-14-18-27(19-15-21)25(29)22-10-4-5-11-23(22)26-16-6-7-17-26/h1-5,8-11,21,24,28H,6-7,12-19H2/t24-/m1/s1. The van der Waals surface area contributed by atoms with E-state index in [0.29, 0.717) is 0 Å². The molecular weight excluding hydrogens is 360 g/mol. The first-order valence-corrected chi connectivity index (χ1v) is 11.1. The molecule has 2 heterocycles. The van der Waals surface area contributed by atoms with E-state index < -0.39 is 0 Å². The number of piperidine rings is 1. The van der Waals surface area contributed by atoms with Crippen LogP contribution in [0, 0.1) is 5.92 Å². The molecule has 1 amide bonds. The predicted molar refractivity (Wildman–Crippen MR) is 117 cm³/mol. The molecule has 0 spiro atoms. The van der Waals surface area contributed by atoms with Crippen LogP contribution in [0.5, 0.6) is 0 Å². The largest absolute Gasteiger partial charge is 0.393 e. The van der Waals surface area contributed by atoms with E-state index in [1.165, 1.54) is 18.4 Å². The van der Waals surface area contributed by atoms with E-state index in [1.54, 1.807) is 0 Å². The highest BCUT2D eigenvalue weighted by atomic mass is 16.3. The minimum Gasteiger partial charge on any atom is -0.393 e. The summed E-state index contributed by atoms with van der Waals surface area (Å²) in [5.74, 6) is 0.432. The number of anilines is 1. The van der Waals surface area contributed by atoms with Gasteiger partial charge in [0.1, 0.15) is 0 Å². The molecule has 2 saturated heterocycles. The monoisotopic (exact) mass is 392 g/mol. The molecule has 1 atom stereocenters. The van der Waals surface area contributed by atoms with Gasteiger partial charge in [-0.25, -0.2) is 0 Å². The zero-order valence-electron chi connectivity index (χ0n) is 17.2. The molecule has 4 nitrogen and oxygen atoms in total. The summed E-state index contributed by atoms with van der Waals surface area (Å²) < 4.78 is 0. The molecule has 1 N–H and O–H groups in total. The van der Waals surface area contributed by atoms with E-state index in [-0.39, 0.29) is 17.9 Å². The number of amides is 1. The average molecular weight is 393 g/mol. The van der Waals surface area contributed by atoms with Gasteiger partial charge in [-0.15, -0.1) is 0 Å². The van der Waals surface area contributed by atoms with Crippen LogP contribution >= 0.6 is 0 Å². The molecule has 154 valence electrons. The number of aliphatic hydroxyl groups is 1. The minimum atomic E-state index is -0.288. The van der Waals surface area contributed by atoms with Crippen molar-refractivity contribution in [2.24, 2.45) is 5.92 Å². The van der Waals surface area contributed by atoms with Gasteiger partial charge < -0.3 is 14.9 Å². The number of aliphatic hydroxyl groups excluding tert-OH is 1. The molecule has 2 aromatic rings. The molecule has 0 radical (unpaired) electrons. The summed E-state index contributed by atoms with van der Waals surface area (Å²) in [6, 6.07) is 18.4. The van der Waals surface area contributed by atoms with Gasteiger partial charge in [0.05, 0.1) is 11.7 Å². The summed E-state index contributed by atoms with van der Waals surface area (Å²) in [7, 11) is 0. The summed E-state index contributed by atoms with van der Waals surface area (Å²) in [5.41, 5.74) is 3.19. The Morgan fingerprint density at radius 2 is 1.59 bits per heavy atom. The highest BCUT2D eigenvalue weighted by Gasteiger charge is 2.29. The van der Waals surface area contributed by atoms with Crippen molar-refractivity contribution in [3.8, 4) is 0 Å².